The molecular weight excluding hydrogens is 404 g/mol. The van der Waals surface area contributed by atoms with Gasteiger partial charge >= 0.3 is 0 Å². The topological polar surface area (TPSA) is 58.2 Å². The first-order chi connectivity index (χ1) is 13.1. The van der Waals surface area contributed by atoms with E-state index in [-0.39, 0.29) is 5.57 Å². The summed E-state index contributed by atoms with van der Waals surface area (Å²) < 4.78 is 0.905. The van der Waals surface area contributed by atoms with E-state index < -0.39 is 11.8 Å². The van der Waals surface area contributed by atoms with Crippen LogP contribution in [-0.2, 0) is 9.59 Å². The molecule has 4 nitrogen and oxygen atoms in total. The van der Waals surface area contributed by atoms with Crippen LogP contribution in [0.25, 0.3) is 6.08 Å². The summed E-state index contributed by atoms with van der Waals surface area (Å²) in [6.07, 6.45) is 1.58. The highest BCUT2D eigenvalue weighted by Crippen LogP contribution is 2.17. The third-order valence-electron chi connectivity index (χ3n) is 3.73. The molecule has 0 radical (unpaired) electrons. The van der Waals surface area contributed by atoms with E-state index in [9.17, 15) is 9.59 Å². The number of amides is 2. The fourth-order valence-corrected chi connectivity index (χ4v) is 2.67. The molecule has 27 heavy (non-hydrogen) atoms. The molecule has 0 heterocycles. The first-order valence-electron chi connectivity index (χ1n) is 8.32. The van der Waals surface area contributed by atoms with Crippen LogP contribution in [0.15, 0.2) is 95.0 Å². The Morgan fingerprint density at radius 2 is 1.15 bits per heavy atom. The highest BCUT2D eigenvalue weighted by molar-refractivity contribution is 9.10. The van der Waals surface area contributed by atoms with Gasteiger partial charge in [0, 0.05) is 15.8 Å². The fraction of sp³-hybridized carbons (Fsp3) is 0. The molecule has 0 unspecified atom stereocenters. The number of para-hydroxylation sites is 1. The van der Waals surface area contributed by atoms with Crippen molar-refractivity contribution in [1.29, 1.82) is 0 Å². The van der Waals surface area contributed by atoms with Gasteiger partial charge in [-0.15, -0.1) is 0 Å². The molecule has 0 bridgehead atoms. The van der Waals surface area contributed by atoms with Crippen LogP contribution in [0.5, 0.6) is 0 Å². The van der Waals surface area contributed by atoms with Crippen LogP contribution in [0.1, 0.15) is 5.56 Å². The van der Waals surface area contributed by atoms with Gasteiger partial charge in [0.05, 0.1) is 0 Å². The number of benzene rings is 3. The Hall–Kier alpha value is -3.18. The Morgan fingerprint density at radius 3 is 1.70 bits per heavy atom. The molecule has 134 valence electrons. The molecule has 0 saturated heterocycles. The Bertz CT molecular complexity index is 953. The lowest BCUT2D eigenvalue weighted by Gasteiger charge is -2.10. The molecule has 0 spiro atoms. The van der Waals surface area contributed by atoms with Crippen molar-refractivity contribution in [2.24, 2.45) is 0 Å². The number of nitrogens with one attached hydrogen (secondary N) is 2. The van der Waals surface area contributed by atoms with Crippen molar-refractivity contribution in [2.45, 2.75) is 0 Å². The van der Waals surface area contributed by atoms with Gasteiger partial charge in [0.1, 0.15) is 5.57 Å². The molecule has 0 aliphatic rings. The summed E-state index contributed by atoms with van der Waals surface area (Å²) in [5.74, 6) is -0.950. The maximum Gasteiger partial charge on any atom is 0.261 e. The molecule has 3 aromatic rings. The monoisotopic (exact) mass is 420 g/mol. The summed E-state index contributed by atoms with van der Waals surface area (Å²) in [5, 5.41) is 5.53. The van der Waals surface area contributed by atoms with Crippen molar-refractivity contribution in [3.05, 3.63) is 101 Å². The minimum absolute atomic E-state index is 0.0213. The highest BCUT2D eigenvalue weighted by atomic mass is 79.9. The van der Waals surface area contributed by atoms with E-state index in [0.717, 1.165) is 10.0 Å². The number of carbonyl (C=O) groups is 2. The van der Waals surface area contributed by atoms with Gasteiger partial charge in [-0.1, -0.05) is 64.5 Å². The second-order valence-electron chi connectivity index (χ2n) is 5.75. The predicted molar refractivity (Wildman–Crippen MR) is 112 cm³/mol. The van der Waals surface area contributed by atoms with Crippen molar-refractivity contribution in [3.8, 4) is 0 Å². The molecule has 3 aromatic carbocycles. The highest BCUT2D eigenvalue weighted by Gasteiger charge is 2.19. The standard InChI is InChI=1S/C22H17BrN2O2/c23-17-11-13-19(14-12-17)25-22(27)20(15-16-7-3-1-4-8-16)21(26)24-18-9-5-2-6-10-18/h1-15H,(H,24,26)(H,25,27)/b20-15+. The van der Waals surface area contributed by atoms with E-state index in [1.807, 2.05) is 60.7 Å². The number of hydrogen-bond donors (Lipinski definition) is 2. The van der Waals surface area contributed by atoms with Gasteiger partial charge in [-0.2, -0.15) is 0 Å². The lowest BCUT2D eigenvalue weighted by atomic mass is 10.1. The zero-order valence-corrected chi connectivity index (χ0v) is 15.9. The van der Waals surface area contributed by atoms with E-state index in [1.165, 1.54) is 0 Å². The number of hydrogen-bond acceptors (Lipinski definition) is 2. The quantitative estimate of drug-likeness (QED) is 0.342. The first-order valence-corrected chi connectivity index (χ1v) is 9.11. The molecule has 0 aliphatic carbocycles. The number of carbonyl (C=O) groups excluding carboxylic acids is 2. The fourth-order valence-electron chi connectivity index (χ4n) is 2.40. The van der Waals surface area contributed by atoms with Crippen molar-refractivity contribution in [1.82, 2.24) is 0 Å². The van der Waals surface area contributed by atoms with Crippen LogP contribution >= 0.6 is 15.9 Å². The zero-order valence-electron chi connectivity index (χ0n) is 14.4. The second-order valence-corrected chi connectivity index (χ2v) is 6.67. The summed E-state index contributed by atoms with van der Waals surface area (Å²) in [6.45, 7) is 0. The maximum absolute atomic E-state index is 12.8. The lowest BCUT2D eigenvalue weighted by Crippen LogP contribution is -2.25. The van der Waals surface area contributed by atoms with Crippen molar-refractivity contribution >= 4 is 45.2 Å². The molecular formula is C22H17BrN2O2. The van der Waals surface area contributed by atoms with Crippen LogP contribution < -0.4 is 10.6 Å². The van der Waals surface area contributed by atoms with Gasteiger partial charge in [0.2, 0.25) is 0 Å². The molecule has 3 rings (SSSR count). The molecule has 5 heteroatoms. The van der Waals surface area contributed by atoms with E-state index in [1.54, 1.807) is 30.3 Å². The van der Waals surface area contributed by atoms with Crippen LogP contribution in [0.4, 0.5) is 11.4 Å². The largest absolute Gasteiger partial charge is 0.322 e. The third kappa shape index (κ3) is 5.39. The van der Waals surface area contributed by atoms with Crippen LogP contribution in [0, 0.1) is 0 Å². The van der Waals surface area contributed by atoms with Gasteiger partial charge in [-0.25, -0.2) is 0 Å². The molecule has 0 saturated carbocycles. The Kier molecular flexibility index (Phi) is 6.18. The van der Waals surface area contributed by atoms with Crippen molar-refractivity contribution < 1.29 is 9.59 Å². The lowest BCUT2D eigenvalue weighted by molar-refractivity contribution is -0.118. The number of rotatable bonds is 5. The smallest absolute Gasteiger partial charge is 0.261 e. The van der Waals surface area contributed by atoms with Gasteiger partial charge in [0.25, 0.3) is 11.8 Å². The molecule has 0 atom stereocenters. The maximum atomic E-state index is 12.8. The summed E-state index contributed by atoms with van der Waals surface area (Å²) in [4.78, 5) is 25.5. The van der Waals surface area contributed by atoms with E-state index >= 15 is 0 Å². The molecule has 2 N–H and O–H groups in total. The van der Waals surface area contributed by atoms with Crippen molar-refractivity contribution in [2.75, 3.05) is 10.6 Å². The van der Waals surface area contributed by atoms with Gasteiger partial charge in [-0.05, 0) is 48.0 Å². The first kappa shape index (κ1) is 18.6. The van der Waals surface area contributed by atoms with E-state index in [0.29, 0.717) is 11.4 Å². The summed E-state index contributed by atoms with van der Waals surface area (Å²) in [6, 6.07) is 25.4. The van der Waals surface area contributed by atoms with E-state index in [4.69, 9.17) is 0 Å². The summed E-state index contributed by atoms with van der Waals surface area (Å²) in [7, 11) is 0. The Balaban J connectivity index is 1.87. The average molecular weight is 421 g/mol. The summed E-state index contributed by atoms with van der Waals surface area (Å²) >= 11 is 3.36. The van der Waals surface area contributed by atoms with Gasteiger partial charge in [-0.3, -0.25) is 9.59 Å². The molecule has 2 amide bonds. The second kappa shape index (κ2) is 8.96. The van der Waals surface area contributed by atoms with Crippen LogP contribution in [-0.4, -0.2) is 11.8 Å². The normalized spacial score (nSPS) is 10.9. The Morgan fingerprint density at radius 1 is 0.667 bits per heavy atom. The average Bonchev–Trinajstić information content (AvgIpc) is 2.69. The van der Waals surface area contributed by atoms with E-state index in [2.05, 4.69) is 26.6 Å². The third-order valence-corrected chi connectivity index (χ3v) is 4.26. The minimum atomic E-state index is -0.477. The van der Waals surface area contributed by atoms with Gasteiger partial charge < -0.3 is 10.6 Å². The minimum Gasteiger partial charge on any atom is -0.322 e. The van der Waals surface area contributed by atoms with Gasteiger partial charge in [0.15, 0.2) is 0 Å². The number of anilines is 2. The van der Waals surface area contributed by atoms with Crippen LogP contribution in [0.2, 0.25) is 0 Å². The predicted octanol–water partition coefficient (Wildman–Crippen LogP) is 5.11. The number of halogens is 1. The Labute approximate surface area is 166 Å². The van der Waals surface area contributed by atoms with Crippen LogP contribution in [0.3, 0.4) is 0 Å². The summed E-state index contributed by atoms with van der Waals surface area (Å²) in [5.41, 5.74) is 2.02. The SMILES string of the molecule is O=C(Nc1ccccc1)/C(=C\c1ccccc1)C(=O)Nc1ccc(Br)cc1. The molecule has 0 aromatic heterocycles. The molecule has 0 fully saturated rings. The molecule has 0 aliphatic heterocycles. The zero-order chi connectivity index (χ0) is 19.1. The van der Waals surface area contributed by atoms with Crippen molar-refractivity contribution in [3.63, 3.8) is 0 Å².